The Morgan fingerprint density at radius 2 is 1.03 bits per heavy atom. The zero-order chi connectivity index (χ0) is 21.1. The number of carboxylic acid groups (broad SMARTS) is 2. The molecule has 0 aliphatic carbocycles. The lowest BCUT2D eigenvalue weighted by molar-refractivity contribution is 0.0685. The molecule has 4 heterocycles. The lowest BCUT2D eigenvalue weighted by Gasteiger charge is -1.93. The quantitative estimate of drug-likeness (QED) is 0.495. The summed E-state index contributed by atoms with van der Waals surface area (Å²) in [7, 11) is 0. The van der Waals surface area contributed by atoms with Crippen LogP contribution in [-0.2, 0) is 0 Å². The molecule has 4 aromatic heterocycles. The van der Waals surface area contributed by atoms with Crippen molar-refractivity contribution in [3.63, 3.8) is 0 Å². The Morgan fingerprint density at radius 1 is 0.667 bits per heavy atom. The first kappa shape index (κ1) is 19.6. The minimum Gasteiger partial charge on any atom is -0.478 e. The molecule has 10 heteroatoms. The van der Waals surface area contributed by atoms with Crippen LogP contribution in [0.4, 0.5) is 0 Å². The molecule has 8 nitrogen and oxygen atoms in total. The lowest BCUT2D eigenvalue weighted by Crippen LogP contribution is -2.01. The van der Waals surface area contributed by atoms with Crippen LogP contribution in [0, 0.1) is 9.06 Å². The molecule has 148 valence electrons. The Morgan fingerprint density at radius 3 is 1.37 bits per heavy atom. The van der Waals surface area contributed by atoms with Crippen LogP contribution < -0.4 is 9.06 Å². The van der Waals surface area contributed by atoms with Crippen LogP contribution in [0.2, 0.25) is 0 Å². The summed E-state index contributed by atoms with van der Waals surface area (Å²) < 4.78 is 4.02. The van der Waals surface area contributed by atoms with Crippen LogP contribution in [-0.4, -0.2) is 42.1 Å². The first-order valence-corrected chi connectivity index (χ1v) is 10.1. The normalized spacial score (nSPS) is 13.5. The van der Waals surface area contributed by atoms with E-state index in [1.165, 1.54) is 24.8 Å². The van der Waals surface area contributed by atoms with Gasteiger partial charge in [-0.2, -0.15) is 0 Å². The van der Waals surface area contributed by atoms with Gasteiger partial charge in [-0.3, -0.25) is 0 Å². The van der Waals surface area contributed by atoms with Crippen molar-refractivity contribution in [2.75, 3.05) is 0 Å². The van der Waals surface area contributed by atoms with E-state index in [9.17, 15) is 9.59 Å². The third-order valence-corrected chi connectivity index (χ3v) is 6.14. The highest BCUT2D eigenvalue weighted by Gasteiger charge is 2.04. The highest BCUT2D eigenvalue weighted by atomic mass is 32.1. The summed E-state index contributed by atoms with van der Waals surface area (Å²) in [6, 6.07) is 7.89. The number of aromatic nitrogens is 4. The van der Waals surface area contributed by atoms with E-state index < -0.39 is 11.9 Å². The van der Waals surface area contributed by atoms with Gasteiger partial charge in [-0.05, 0) is 36.4 Å². The fourth-order valence-electron chi connectivity index (χ4n) is 2.43. The van der Waals surface area contributed by atoms with Crippen molar-refractivity contribution in [3.05, 3.63) is 90.0 Å². The van der Waals surface area contributed by atoms with Gasteiger partial charge in [0.15, 0.2) is 11.6 Å². The molecule has 0 aromatic carbocycles. The summed E-state index contributed by atoms with van der Waals surface area (Å²) in [6.07, 6.45) is 8.70. The Bertz CT molecular complexity index is 1330. The monoisotopic (exact) mass is 436 g/mol. The van der Waals surface area contributed by atoms with E-state index >= 15 is 0 Å². The fraction of sp³-hybridized carbons (Fsp3) is 0. The lowest BCUT2D eigenvalue weighted by atomic mass is 10.3. The minimum atomic E-state index is -1.06. The molecule has 0 bridgehead atoms. The average Bonchev–Trinajstić information content (AvgIpc) is 3.38. The van der Waals surface area contributed by atoms with Crippen LogP contribution in [0.1, 0.15) is 32.4 Å². The van der Waals surface area contributed by atoms with Crippen LogP contribution in [0.15, 0.2) is 49.1 Å². The van der Waals surface area contributed by atoms with Crippen molar-refractivity contribution < 1.29 is 19.8 Å². The summed E-state index contributed by atoms with van der Waals surface area (Å²) in [5, 5.41) is 17.8. The SMILES string of the molecule is O=C(O)c1cnc(/C=c2\cc/c(=c3\cc/c(=C\c4ncc(C(=O)O)cn4)s3)s2)nc1. The van der Waals surface area contributed by atoms with E-state index in [0.29, 0.717) is 11.6 Å². The number of aromatic carboxylic acids is 2. The molecule has 0 unspecified atom stereocenters. The summed E-state index contributed by atoms with van der Waals surface area (Å²) in [5.41, 5.74) is 0.0888. The largest absolute Gasteiger partial charge is 0.478 e. The van der Waals surface area contributed by atoms with Crippen molar-refractivity contribution in [2.24, 2.45) is 0 Å². The molecule has 0 amide bonds. The molecule has 0 aliphatic rings. The number of rotatable bonds is 4. The summed E-state index contributed by atoms with van der Waals surface area (Å²) in [6.45, 7) is 0. The van der Waals surface area contributed by atoms with Crippen molar-refractivity contribution in [1.29, 1.82) is 0 Å². The molecular weight excluding hydrogens is 424 g/mol. The van der Waals surface area contributed by atoms with Crippen LogP contribution in [0.5, 0.6) is 0 Å². The van der Waals surface area contributed by atoms with E-state index in [4.69, 9.17) is 10.2 Å². The molecule has 0 spiro atoms. The fourth-order valence-corrected chi connectivity index (χ4v) is 4.39. The van der Waals surface area contributed by atoms with Crippen molar-refractivity contribution in [2.45, 2.75) is 0 Å². The third kappa shape index (κ3) is 4.45. The van der Waals surface area contributed by atoms with Crippen LogP contribution in [0.3, 0.4) is 0 Å². The van der Waals surface area contributed by atoms with E-state index in [0.717, 1.165) is 18.1 Å². The summed E-state index contributed by atoms with van der Waals surface area (Å²) in [4.78, 5) is 37.9. The molecule has 0 aliphatic heterocycles. The average molecular weight is 436 g/mol. The third-order valence-electron chi connectivity index (χ3n) is 3.88. The molecule has 4 rings (SSSR count). The van der Waals surface area contributed by atoms with Gasteiger partial charge in [-0.15, -0.1) is 22.7 Å². The van der Waals surface area contributed by atoms with Crippen molar-refractivity contribution >= 4 is 46.8 Å². The zero-order valence-electron chi connectivity index (χ0n) is 15.1. The predicted octanol–water partition coefficient (Wildman–Crippen LogP) is 1.73. The van der Waals surface area contributed by atoms with Gasteiger partial charge in [0.25, 0.3) is 0 Å². The smallest absolute Gasteiger partial charge is 0.338 e. The molecule has 2 N–H and O–H groups in total. The second-order valence-electron chi connectivity index (χ2n) is 5.96. The first-order chi connectivity index (χ1) is 14.5. The second-order valence-corrected chi connectivity index (χ2v) is 8.19. The Labute approximate surface area is 176 Å². The number of carboxylic acids is 2. The summed E-state index contributed by atoms with van der Waals surface area (Å²) >= 11 is 3.13. The predicted molar refractivity (Wildman–Crippen MR) is 111 cm³/mol. The van der Waals surface area contributed by atoms with Gasteiger partial charge in [0, 0.05) is 42.9 Å². The Balaban J connectivity index is 1.65. The Hall–Kier alpha value is -3.76. The van der Waals surface area contributed by atoms with E-state index in [2.05, 4.69) is 19.9 Å². The van der Waals surface area contributed by atoms with Crippen molar-refractivity contribution in [3.8, 4) is 0 Å². The van der Waals surface area contributed by atoms with Crippen LogP contribution in [0.25, 0.3) is 12.2 Å². The van der Waals surface area contributed by atoms with E-state index in [1.54, 1.807) is 34.8 Å². The van der Waals surface area contributed by atoms with Gasteiger partial charge >= 0.3 is 11.9 Å². The topological polar surface area (TPSA) is 126 Å². The van der Waals surface area contributed by atoms with Gasteiger partial charge in [0.1, 0.15) is 0 Å². The maximum absolute atomic E-state index is 10.9. The standard InChI is InChI=1S/C20H12N4O4S2/c25-19(26)11-7-21-17(22-8-11)5-13-1-3-15(29-13)16-4-2-14(30-16)6-18-23-9-12(10-24-18)20(27)28/h1-10H,(H,25,26)(H,27,28)/b13-5+,14-6+,16-15-. The minimum absolute atomic E-state index is 0.0444. The molecule has 0 saturated heterocycles. The maximum Gasteiger partial charge on any atom is 0.338 e. The van der Waals surface area contributed by atoms with Gasteiger partial charge in [0.05, 0.1) is 11.1 Å². The second kappa shape index (κ2) is 8.31. The van der Waals surface area contributed by atoms with E-state index in [-0.39, 0.29) is 11.1 Å². The molecule has 0 atom stereocenters. The van der Waals surface area contributed by atoms with Gasteiger partial charge in [0.2, 0.25) is 0 Å². The maximum atomic E-state index is 10.9. The van der Waals surface area contributed by atoms with Crippen molar-refractivity contribution in [1.82, 2.24) is 19.9 Å². The highest BCUT2D eigenvalue weighted by Crippen LogP contribution is 2.05. The van der Waals surface area contributed by atoms with Crippen LogP contribution >= 0.6 is 22.7 Å². The summed E-state index contributed by atoms with van der Waals surface area (Å²) in [5.74, 6) is -1.24. The number of nitrogens with zero attached hydrogens (tertiary/aromatic N) is 4. The first-order valence-electron chi connectivity index (χ1n) is 8.48. The molecule has 4 aromatic rings. The Kier molecular flexibility index (Phi) is 5.42. The number of hydrogen-bond donors (Lipinski definition) is 2. The number of hydrogen-bond acceptors (Lipinski definition) is 8. The molecule has 0 radical (unpaired) electrons. The number of carbonyl (C=O) groups is 2. The van der Waals surface area contributed by atoms with Gasteiger partial charge < -0.3 is 10.2 Å². The molecular formula is C20H12N4O4S2. The number of thiophene rings is 2. The van der Waals surface area contributed by atoms with Gasteiger partial charge in [-0.25, -0.2) is 29.5 Å². The van der Waals surface area contributed by atoms with E-state index in [1.807, 2.05) is 24.3 Å². The molecule has 30 heavy (non-hydrogen) atoms. The molecule has 0 saturated carbocycles. The zero-order valence-corrected chi connectivity index (χ0v) is 16.7. The highest BCUT2D eigenvalue weighted by molar-refractivity contribution is 7.11. The van der Waals surface area contributed by atoms with Gasteiger partial charge in [-0.1, -0.05) is 0 Å². The molecule has 0 fully saturated rings.